The zero-order chi connectivity index (χ0) is 6.69. The van der Waals surface area contributed by atoms with E-state index in [2.05, 4.69) is 14.8 Å². The number of hydrogen-bond donors (Lipinski definition) is 2. The number of aryl methyl sites for hydroxylation is 1. The molecule has 1 aromatic rings. The van der Waals surface area contributed by atoms with Gasteiger partial charge in [-0.1, -0.05) is 6.92 Å². The number of nitrogens with two attached hydrogens (primary N) is 1. The van der Waals surface area contributed by atoms with Crippen LogP contribution in [0.3, 0.4) is 0 Å². The molecule has 0 amide bonds. The summed E-state index contributed by atoms with van der Waals surface area (Å²) in [6, 6.07) is 0. The van der Waals surface area contributed by atoms with Gasteiger partial charge in [-0.25, -0.2) is 10.8 Å². The van der Waals surface area contributed by atoms with E-state index in [-0.39, 0.29) is 0 Å². The maximum Gasteiger partial charge on any atom is 0.216 e. The van der Waals surface area contributed by atoms with Gasteiger partial charge in [-0.15, -0.1) is 0 Å². The van der Waals surface area contributed by atoms with Crippen LogP contribution in [0.15, 0.2) is 0 Å². The molecule has 0 saturated heterocycles. The minimum absolute atomic E-state index is 0.673. The van der Waals surface area contributed by atoms with Crippen molar-refractivity contribution in [2.75, 3.05) is 5.43 Å². The number of rotatable bonds is 2. The van der Waals surface area contributed by atoms with Crippen LogP contribution in [0.25, 0.3) is 0 Å². The van der Waals surface area contributed by atoms with Gasteiger partial charge in [-0.2, -0.15) is 4.37 Å². The Kier molecular flexibility index (Phi) is 1.96. The zero-order valence-electron chi connectivity index (χ0n) is 5.09. The molecular formula is C4H8N4S. The van der Waals surface area contributed by atoms with Crippen LogP contribution in [0.2, 0.25) is 0 Å². The molecule has 0 aliphatic carbocycles. The molecule has 0 spiro atoms. The van der Waals surface area contributed by atoms with Crippen LogP contribution in [-0.2, 0) is 6.42 Å². The smallest absolute Gasteiger partial charge is 0.216 e. The molecule has 0 radical (unpaired) electrons. The van der Waals surface area contributed by atoms with E-state index in [4.69, 9.17) is 5.84 Å². The number of nitrogens with one attached hydrogen (secondary N) is 1. The summed E-state index contributed by atoms with van der Waals surface area (Å²) in [7, 11) is 0. The highest BCUT2D eigenvalue weighted by molar-refractivity contribution is 7.09. The predicted octanol–water partition coefficient (Wildman–Crippen LogP) is 0.386. The lowest BCUT2D eigenvalue weighted by atomic mass is 10.5. The molecule has 0 bridgehead atoms. The van der Waals surface area contributed by atoms with E-state index < -0.39 is 0 Å². The monoisotopic (exact) mass is 144 g/mol. The van der Waals surface area contributed by atoms with E-state index in [9.17, 15) is 0 Å². The first-order valence-corrected chi connectivity index (χ1v) is 3.43. The molecule has 1 aromatic heterocycles. The minimum Gasteiger partial charge on any atom is -0.299 e. The van der Waals surface area contributed by atoms with Crippen LogP contribution in [-0.4, -0.2) is 9.36 Å². The SMILES string of the molecule is CCc1nsc(NN)n1. The molecule has 1 rings (SSSR count). The third-order valence-corrected chi connectivity index (χ3v) is 1.59. The van der Waals surface area contributed by atoms with Gasteiger partial charge >= 0.3 is 0 Å². The zero-order valence-corrected chi connectivity index (χ0v) is 5.90. The standard InChI is InChI=1S/C4H8N4S/c1-2-3-6-4(7-5)9-8-3/h2,5H2,1H3,(H,6,7,8). The van der Waals surface area contributed by atoms with Gasteiger partial charge in [0.15, 0.2) is 0 Å². The van der Waals surface area contributed by atoms with Crippen molar-refractivity contribution in [2.45, 2.75) is 13.3 Å². The molecular weight excluding hydrogens is 136 g/mol. The second-order valence-electron chi connectivity index (χ2n) is 1.51. The Labute approximate surface area is 57.2 Å². The molecule has 4 nitrogen and oxygen atoms in total. The fourth-order valence-corrected chi connectivity index (χ4v) is 1.02. The molecule has 0 fully saturated rings. The van der Waals surface area contributed by atoms with Crippen LogP contribution in [0.5, 0.6) is 0 Å². The van der Waals surface area contributed by atoms with E-state index in [1.165, 1.54) is 11.5 Å². The highest BCUT2D eigenvalue weighted by atomic mass is 32.1. The molecule has 0 unspecified atom stereocenters. The Hall–Kier alpha value is -0.680. The highest BCUT2D eigenvalue weighted by Crippen LogP contribution is 2.08. The number of nitrogen functional groups attached to an aromatic ring is 1. The van der Waals surface area contributed by atoms with Crippen molar-refractivity contribution in [2.24, 2.45) is 5.84 Å². The van der Waals surface area contributed by atoms with Crippen molar-refractivity contribution in [1.82, 2.24) is 9.36 Å². The number of hydrogen-bond acceptors (Lipinski definition) is 5. The van der Waals surface area contributed by atoms with Crippen molar-refractivity contribution in [3.63, 3.8) is 0 Å². The van der Waals surface area contributed by atoms with Crippen LogP contribution < -0.4 is 11.3 Å². The topological polar surface area (TPSA) is 63.8 Å². The highest BCUT2D eigenvalue weighted by Gasteiger charge is 1.97. The van der Waals surface area contributed by atoms with Gasteiger partial charge in [0, 0.05) is 18.0 Å². The summed E-state index contributed by atoms with van der Waals surface area (Å²) in [6.07, 6.45) is 0.859. The fraction of sp³-hybridized carbons (Fsp3) is 0.500. The molecule has 5 heteroatoms. The molecule has 0 saturated carbocycles. The van der Waals surface area contributed by atoms with Crippen LogP contribution in [0.4, 0.5) is 5.13 Å². The normalized spacial score (nSPS) is 9.56. The number of anilines is 1. The van der Waals surface area contributed by atoms with Crippen molar-refractivity contribution in [3.05, 3.63) is 5.82 Å². The minimum atomic E-state index is 0.673. The maximum absolute atomic E-state index is 5.08. The van der Waals surface area contributed by atoms with Crippen LogP contribution in [0, 0.1) is 0 Å². The molecule has 0 aromatic carbocycles. The maximum atomic E-state index is 5.08. The van der Waals surface area contributed by atoms with Crippen LogP contribution >= 0.6 is 11.5 Å². The Morgan fingerprint density at radius 3 is 2.89 bits per heavy atom. The Morgan fingerprint density at radius 1 is 1.78 bits per heavy atom. The van der Waals surface area contributed by atoms with Gasteiger partial charge in [0.2, 0.25) is 5.13 Å². The third kappa shape index (κ3) is 1.36. The summed E-state index contributed by atoms with van der Waals surface area (Å²) in [4.78, 5) is 4.02. The van der Waals surface area contributed by atoms with Gasteiger partial charge in [0.25, 0.3) is 0 Å². The summed E-state index contributed by atoms with van der Waals surface area (Å²) >= 11 is 1.28. The van der Waals surface area contributed by atoms with Crippen molar-refractivity contribution in [3.8, 4) is 0 Å². The first-order valence-electron chi connectivity index (χ1n) is 2.66. The van der Waals surface area contributed by atoms with Crippen LogP contribution in [0.1, 0.15) is 12.7 Å². The first-order chi connectivity index (χ1) is 4.36. The van der Waals surface area contributed by atoms with Gasteiger partial charge in [-0.3, -0.25) is 5.43 Å². The molecule has 1 heterocycles. The number of hydrazine groups is 1. The molecule has 3 N–H and O–H groups in total. The van der Waals surface area contributed by atoms with Gasteiger partial charge in [-0.05, 0) is 0 Å². The average Bonchev–Trinajstić information content (AvgIpc) is 2.34. The largest absolute Gasteiger partial charge is 0.299 e. The average molecular weight is 144 g/mol. The van der Waals surface area contributed by atoms with Crippen molar-refractivity contribution >= 4 is 16.7 Å². The molecule has 0 aliphatic rings. The second kappa shape index (κ2) is 2.75. The molecule has 0 atom stereocenters. The lowest BCUT2D eigenvalue weighted by Crippen LogP contribution is -2.05. The van der Waals surface area contributed by atoms with E-state index >= 15 is 0 Å². The fourth-order valence-electron chi connectivity index (χ4n) is 0.456. The first kappa shape index (κ1) is 6.44. The predicted molar refractivity (Wildman–Crippen MR) is 37.1 cm³/mol. The molecule has 50 valence electrons. The van der Waals surface area contributed by atoms with E-state index in [1.807, 2.05) is 6.92 Å². The Balaban J connectivity index is 2.74. The summed E-state index contributed by atoms with van der Waals surface area (Å²) < 4.78 is 3.99. The third-order valence-electron chi connectivity index (χ3n) is 0.908. The Bertz CT molecular complexity index is 166. The summed E-state index contributed by atoms with van der Waals surface area (Å²) in [6.45, 7) is 2.00. The number of nitrogens with zero attached hydrogens (tertiary/aromatic N) is 2. The van der Waals surface area contributed by atoms with Gasteiger partial charge < -0.3 is 0 Å². The van der Waals surface area contributed by atoms with Gasteiger partial charge in [0.1, 0.15) is 5.82 Å². The van der Waals surface area contributed by atoms with E-state index in [0.717, 1.165) is 12.2 Å². The molecule has 9 heavy (non-hydrogen) atoms. The van der Waals surface area contributed by atoms with E-state index in [1.54, 1.807) is 0 Å². The van der Waals surface area contributed by atoms with E-state index in [0.29, 0.717) is 5.13 Å². The number of aromatic nitrogens is 2. The van der Waals surface area contributed by atoms with Gasteiger partial charge in [0.05, 0.1) is 0 Å². The lowest BCUT2D eigenvalue weighted by Gasteiger charge is -1.84. The summed E-state index contributed by atoms with van der Waals surface area (Å²) in [5.41, 5.74) is 2.43. The van der Waals surface area contributed by atoms with Crippen molar-refractivity contribution < 1.29 is 0 Å². The summed E-state index contributed by atoms with van der Waals surface area (Å²) in [5, 5.41) is 0.673. The molecule has 0 aliphatic heterocycles. The van der Waals surface area contributed by atoms with Crippen molar-refractivity contribution in [1.29, 1.82) is 0 Å². The summed E-state index contributed by atoms with van der Waals surface area (Å²) in [5.74, 6) is 5.92. The quantitative estimate of drug-likeness (QED) is 0.465. The second-order valence-corrected chi connectivity index (χ2v) is 2.27. The lowest BCUT2D eigenvalue weighted by molar-refractivity contribution is 0.998. The Morgan fingerprint density at radius 2 is 2.56 bits per heavy atom.